The van der Waals surface area contributed by atoms with Crippen molar-refractivity contribution in [1.82, 2.24) is 5.32 Å². The smallest absolute Gasteiger partial charge is 0.122 e. The first-order valence-corrected chi connectivity index (χ1v) is 6.71. The maximum atomic E-state index is 5.70. The van der Waals surface area contributed by atoms with E-state index in [9.17, 15) is 0 Å². The molecular formula is C15H25NO3. The molecule has 0 bridgehead atoms. The number of hydrogen-bond acceptors (Lipinski definition) is 4. The minimum absolute atomic E-state index is 0.586. The molecule has 4 nitrogen and oxygen atoms in total. The summed E-state index contributed by atoms with van der Waals surface area (Å²) in [4.78, 5) is 0. The summed E-state index contributed by atoms with van der Waals surface area (Å²) in [5.41, 5.74) is 2.37. The van der Waals surface area contributed by atoms with Gasteiger partial charge in [-0.25, -0.2) is 0 Å². The van der Waals surface area contributed by atoms with Gasteiger partial charge in [0.2, 0.25) is 0 Å². The lowest BCUT2D eigenvalue weighted by Crippen LogP contribution is -2.24. The van der Waals surface area contributed by atoms with Crippen LogP contribution in [0.1, 0.15) is 11.1 Å². The number of benzene rings is 1. The van der Waals surface area contributed by atoms with E-state index in [-0.39, 0.29) is 0 Å². The van der Waals surface area contributed by atoms with Crippen molar-refractivity contribution in [2.24, 2.45) is 0 Å². The predicted molar refractivity (Wildman–Crippen MR) is 77.0 cm³/mol. The molecule has 1 rings (SSSR count). The van der Waals surface area contributed by atoms with Crippen molar-refractivity contribution >= 4 is 0 Å². The molecule has 0 spiro atoms. The fourth-order valence-electron chi connectivity index (χ4n) is 1.62. The van der Waals surface area contributed by atoms with Crippen LogP contribution < -0.4 is 10.1 Å². The average Bonchev–Trinajstić information content (AvgIpc) is 2.40. The van der Waals surface area contributed by atoms with Crippen molar-refractivity contribution in [3.05, 3.63) is 29.3 Å². The first kappa shape index (κ1) is 16.0. The Morgan fingerprint density at radius 2 is 1.79 bits per heavy atom. The molecular weight excluding hydrogens is 242 g/mol. The molecule has 0 amide bonds. The maximum Gasteiger partial charge on any atom is 0.122 e. The molecule has 4 heteroatoms. The third kappa shape index (κ3) is 7.15. The van der Waals surface area contributed by atoms with Crippen LogP contribution in [-0.2, 0) is 9.47 Å². The highest BCUT2D eigenvalue weighted by Gasteiger charge is 1.99. The minimum atomic E-state index is 0.586. The summed E-state index contributed by atoms with van der Waals surface area (Å²) < 4.78 is 16.1. The van der Waals surface area contributed by atoms with Gasteiger partial charge in [-0.15, -0.1) is 0 Å². The Kier molecular flexibility index (Phi) is 8.21. The number of hydrogen-bond donors (Lipinski definition) is 1. The van der Waals surface area contributed by atoms with Gasteiger partial charge in [-0.1, -0.05) is 12.1 Å². The zero-order valence-corrected chi connectivity index (χ0v) is 12.2. The van der Waals surface area contributed by atoms with Crippen LogP contribution in [0, 0.1) is 13.8 Å². The Hall–Kier alpha value is -1.10. The topological polar surface area (TPSA) is 39.7 Å². The summed E-state index contributed by atoms with van der Waals surface area (Å²) in [5.74, 6) is 0.946. The number of rotatable bonds is 10. The third-order valence-electron chi connectivity index (χ3n) is 2.74. The van der Waals surface area contributed by atoms with Gasteiger partial charge >= 0.3 is 0 Å². The zero-order chi connectivity index (χ0) is 13.9. The molecule has 1 aromatic carbocycles. The average molecular weight is 267 g/mol. The molecule has 0 saturated carbocycles. The second-order valence-electron chi connectivity index (χ2n) is 4.47. The van der Waals surface area contributed by atoms with E-state index in [2.05, 4.69) is 37.4 Å². The Balaban J connectivity index is 2.03. The molecule has 0 atom stereocenters. The van der Waals surface area contributed by atoms with Crippen molar-refractivity contribution in [2.75, 3.05) is 46.6 Å². The van der Waals surface area contributed by atoms with Crippen molar-refractivity contribution in [3.63, 3.8) is 0 Å². The largest absolute Gasteiger partial charge is 0.491 e. The van der Waals surface area contributed by atoms with E-state index in [1.54, 1.807) is 7.11 Å². The highest BCUT2D eigenvalue weighted by atomic mass is 16.5. The molecule has 0 aliphatic rings. The molecule has 1 N–H and O–H groups in total. The Morgan fingerprint density at radius 1 is 1.00 bits per heavy atom. The molecule has 19 heavy (non-hydrogen) atoms. The summed E-state index contributed by atoms with van der Waals surface area (Å²) >= 11 is 0. The number of methoxy groups -OCH3 is 1. The Bertz CT molecular complexity index is 355. The Morgan fingerprint density at radius 3 is 2.58 bits per heavy atom. The lowest BCUT2D eigenvalue weighted by molar-refractivity contribution is 0.1000. The van der Waals surface area contributed by atoms with Crippen molar-refractivity contribution in [1.29, 1.82) is 0 Å². The molecule has 0 fully saturated rings. The fourth-order valence-corrected chi connectivity index (χ4v) is 1.62. The van der Waals surface area contributed by atoms with Crippen LogP contribution in [-0.4, -0.2) is 46.6 Å². The monoisotopic (exact) mass is 267 g/mol. The molecule has 0 aromatic heterocycles. The molecule has 0 heterocycles. The summed E-state index contributed by atoms with van der Waals surface area (Å²) in [7, 11) is 1.70. The van der Waals surface area contributed by atoms with Gasteiger partial charge in [0, 0.05) is 20.2 Å². The summed E-state index contributed by atoms with van der Waals surface area (Å²) in [6, 6.07) is 6.22. The van der Waals surface area contributed by atoms with Crippen LogP contribution in [0.3, 0.4) is 0 Å². The van der Waals surface area contributed by atoms with E-state index in [0.29, 0.717) is 19.8 Å². The van der Waals surface area contributed by atoms with E-state index >= 15 is 0 Å². The van der Waals surface area contributed by atoms with Gasteiger partial charge in [0.25, 0.3) is 0 Å². The van der Waals surface area contributed by atoms with Crippen molar-refractivity contribution in [3.8, 4) is 5.75 Å². The molecule has 0 aliphatic heterocycles. The fraction of sp³-hybridized carbons (Fsp3) is 0.600. The molecule has 108 valence electrons. The van der Waals surface area contributed by atoms with Crippen LogP contribution in [0.5, 0.6) is 5.75 Å². The minimum Gasteiger partial charge on any atom is -0.491 e. The van der Waals surface area contributed by atoms with Gasteiger partial charge in [-0.05, 0) is 31.0 Å². The van der Waals surface area contributed by atoms with E-state index in [4.69, 9.17) is 14.2 Å². The van der Waals surface area contributed by atoms with Crippen LogP contribution in [0.15, 0.2) is 18.2 Å². The van der Waals surface area contributed by atoms with E-state index < -0.39 is 0 Å². The number of aryl methyl sites for hydroxylation is 2. The normalized spacial score (nSPS) is 10.7. The van der Waals surface area contributed by atoms with E-state index in [0.717, 1.165) is 31.0 Å². The lowest BCUT2D eigenvalue weighted by atomic mass is 10.1. The van der Waals surface area contributed by atoms with Gasteiger partial charge in [-0.3, -0.25) is 0 Å². The van der Waals surface area contributed by atoms with Gasteiger partial charge in [0.05, 0.1) is 19.8 Å². The molecule has 0 saturated heterocycles. The molecule has 0 radical (unpaired) electrons. The Labute approximate surface area is 116 Å². The van der Waals surface area contributed by atoms with Gasteiger partial charge in [-0.2, -0.15) is 0 Å². The maximum absolute atomic E-state index is 5.70. The zero-order valence-electron chi connectivity index (χ0n) is 12.2. The van der Waals surface area contributed by atoms with Crippen molar-refractivity contribution < 1.29 is 14.2 Å². The third-order valence-corrected chi connectivity index (χ3v) is 2.74. The number of ether oxygens (including phenoxy) is 3. The first-order valence-electron chi connectivity index (χ1n) is 6.71. The quantitative estimate of drug-likeness (QED) is 0.658. The second kappa shape index (κ2) is 9.78. The highest BCUT2D eigenvalue weighted by Crippen LogP contribution is 2.18. The molecule has 1 aromatic rings. The number of nitrogens with one attached hydrogen (secondary N) is 1. The summed E-state index contributed by atoms with van der Waals surface area (Å²) in [6.07, 6.45) is 0. The molecule has 0 aliphatic carbocycles. The van der Waals surface area contributed by atoms with Crippen LogP contribution in [0.25, 0.3) is 0 Å². The van der Waals surface area contributed by atoms with Crippen molar-refractivity contribution in [2.45, 2.75) is 13.8 Å². The van der Waals surface area contributed by atoms with Gasteiger partial charge in [0.15, 0.2) is 0 Å². The predicted octanol–water partition coefficient (Wildman–Crippen LogP) is 1.93. The SMILES string of the molecule is COCCNCCOCCOc1cc(C)ccc1C. The standard InChI is InChI=1S/C15H25NO3/c1-13-4-5-14(2)15(12-13)19-11-10-18-9-7-16-6-8-17-3/h4-5,12,16H,6-11H2,1-3H3. The van der Waals surface area contributed by atoms with Crippen LogP contribution in [0.4, 0.5) is 0 Å². The highest BCUT2D eigenvalue weighted by molar-refractivity contribution is 5.35. The van der Waals surface area contributed by atoms with Gasteiger partial charge in [0.1, 0.15) is 12.4 Å². The van der Waals surface area contributed by atoms with Crippen LogP contribution >= 0.6 is 0 Å². The first-order chi connectivity index (χ1) is 9.24. The van der Waals surface area contributed by atoms with Crippen LogP contribution in [0.2, 0.25) is 0 Å². The van der Waals surface area contributed by atoms with E-state index in [1.165, 1.54) is 5.56 Å². The second-order valence-corrected chi connectivity index (χ2v) is 4.47. The summed E-state index contributed by atoms with van der Waals surface area (Å²) in [6.45, 7) is 8.44. The molecule has 0 unspecified atom stereocenters. The van der Waals surface area contributed by atoms with Gasteiger partial charge < -0.3 is 19.5 Å². The lowest BCUT2D eigenvalue weighted by Gasteiger charge is -2.10. The van der Waals surface area contributed by atoms with E-state index in [1.807, 2.05) is 0 Å². The summed E-state index contributed by atoms with van der Waals surface area (Å²) in [5, 5.41) is 3.22.